The number of nitrogens with zero attached hydrogens (tertiary/aromatic N) is 4. The lowest BCUT2D eigenvalue weighted by molar-refractivity contribution is 0.298. The lowest BCUT2D eigenvalue weighted by Gasteiger charge is -2.33. The maximum Gasteiger partial charge on any atom is 0.151 e. The first-order valence-corrected chi connectivity index (χ1v) is 8.24. The quantitative estimate of drug-likeness (QED) is 0.820. The van der Waals surface area contributed by atoms with Gasteiger partial charge in [0.25, 0.3) is 0 Å². The van der Waals surface area contributed by atoms with Crippen molar-refractivity contribution in [1.82, 2.24) is 15.5 Å². The highest BCUT2D eigenvalue weighted by Gasteiger charge is 2.20. The molecule has 1 aliphatic heterocycles. The second kappa shape index (κ2) is 8.27. The number of nitrogens with one attached hydrogen (secondary N) is 1. The summed E-state index contributed by atoms with van der Waals surface area (Å²) in [5.74, 6) is 1.73. The maximum absolute atomic E-state index is 8.78. The summed E-state index contributed by atoms with van der Waals surface area (Å²) in [7, 11) is 0. The van der Waals surface area contributed by atoms with Crippen molar-refractivity contribution >= 4 is 5.82 Å². The highest BCUT2D eigenvalue weighted by atomic mass is 16.5. The van der Waals surface area contributed by atoms with Gasteiger partial charge in [0.1, 0.15) is 12.4 Å². The molecule has 1 atom stereocenters. The second-order valence-electron chi connectivity index (χ2n) is 5.81. The van der Waals surface area contributed by atoms with Crippen LogP contribution in [0, 0.1) is 11.3 Å². The van der Waals surface area contributed by atoms with E-state index in [0.717, 1.165) is 44.0 Å². The van der Waals surface area contributed by atoms with Gasteiger partial charge >= 0.3 is 0 Å². The summed E-state index contributed by atoms with van der Waals surface area (Å²) < 4.78 is 5.70. The zero-order valence-corrected chi connectivity index (χ0v) is 13.6. The SMILES string of the molecule is N#Cc1ccc(OCCN[C@@H]2CCCN(c3cccnn3)C2)cc1. The number of ether oxygens (including phenoxy) is 1. The average Bonchev–Trinajstić information content (AvgIpc) is 2.67. The van der Waals surface area contributed by atoms with Gasteiger partial charge in [0, 0.05) is 31.9 Å². The zero-order valence-electron chi connectivity index (χ0n) is 13.6. The van der Waals surface area contributed by atoms with Crippen LogP contribution in [0.3, 0.4) is 0 Å². The fourth-order valence-corrected chi connectivity index (χ4v) is 2.87. The summed E-state index contributed by atoms with van der Waals surface area (Å²) >= 11 is 0. The van der Waals surface area contributed by atoms with Crippen LogP contribution in [0.25, 0.3) is 0 Å². The zero-order chi connectivity index (χ0) is 16.6. The minimum atomic E-state index is 0.435. The number of hydrogen-bond donors (Lipinski definition) is 1. The monoisotopic (exact) mass is 323 g/mol. The molecule has 2 heterocycles. The summed E-state index contributed by atoms with van der Waals surface area (Å²) in [5, 5.41) is 20.5. The fourth-order valence-electron chi connectivity index (χ4n) is 2.87. The molecule has 3 rings (SSSR count). The third kappa shape index (κ3) is 4.43. The molecule has 1 aromatic carbocycles. The maximum atomic E-state index is 8.78. The first-order valence-electron chi connectivity index (χ1n) is 8.24. The van der Waals surface area contributed by atoms with Crippen LogP contribution in [0.1, 0.15) is 18.4 Å². The van der Waals surface area contributed by atoms with Gasteiger partial charge in [-0.2, -0.15) is 10.4 Å². The van der Waals surface area contributed by atoms with E-state index in [9.17, 15) is 0 Å². The van der Waals surface area contributed by atoms with Gasteiger partial charge in [-0.3, -0.25) is 0 Å². The molecular weight excluding hydrogens is 302 g/mol. The smallest absolute Gasteiger partial charge is 0.151 e. The Morgan fingerprint density at radius 3 is 2.92 bits per heavy atom. The molecule has 0 spiro atoms. The van der Waals surface area contributed by atoms with Gasteiger partial charge < -0.3 is 15.0 Å². The molecule has 1 fully saturated rings. The molecule has 1 aromatic heterocycles. The third-order valence-corrected chi connectivity index (χ3v) is 4.09. The van der Waals surface area contributed by atoms with Gasteiger partial charge in [-0.15, -0.1) is 5.10 Å². The average molecular weight is 323 g/mol. The molecule has 0 saturated carbocycles. The Morgan fingerprint density at radius 1 is 1.29 bits per heavy atom. The normalized spacial score (nSPS) is 17.3. The van der Waals surface area contributed by atoms with Gasteiger partial charge in [0.15, 0.2) is 5.82 Å². The Hall–Kier alpha value is -2.65. The van der Waals surface area contributed by atoms with Gasteiger partial charge in [0.2, 0.25) is 0 Å². The lowest BCUT2D eigenvalue weighted by Crippen LogP contribution is -2.47. The molecule has 124 valence electrons. The number of anilines is 1. The van der Waals surface area contributed by atoms with Crippen molar-refractivity contribution in [3.05, 3.63) is 48.2 Å². The van der Waals surface area contributed by atoms with Gasteiger partial charge in [-0.1, -0.05) is 0 Å². The predicted octanol–water partition coefficient (Wildman–Crippen LogP) is 1.99. The van der Waals surface area contributed by atoms with Crippen LogP contribution in [0.4, 0.5) is 5.82 Å². The van der Waals surface area contributed by atoms with Crippen molar-refractivity contribution in [2.75, 3.05) is 31.1 Å². The van der Waals surface area contributed by atoms with Crippen molar-refractivity contribution in [3.63, 3.8) is 0 Å². The van der Waals surface area contributed by atoms with Gasteiger partial charge in [-0.05, 0) is 49.2 Å². The van der Waals surface area contributed by atoms with E-state index in [1.54, 1.807) is 18.3 Å². The van der Waals surface area contributed by atoms with E-state index in [1.165, 1.54) is 0 Å². The summed E-state index contributed by atoms with van der Waals surface area (Å²) in [6.07, 6.45) is 4.00. The lowest BCUT2D eigenvalue weighted by atomic mass is 10.1. The number of hydrogen-bond acceptors (Lipinski definition) is 6. The minimum Gasteiger partial charge on any atom is -0.492 e. The molecule has 1 N–H and O–H groups in total. The molecule has 0 bridgehead atoms. The molecule has 6 nitrogen and oxygen atoms in total. The van der Waals surface area contributed by atoms with Crippen LogP contribution in [-0.2, 0) is 0 Å². The molecule has 1 aliphatic rings. The number of nitriles is 1. The largest absolute Gasteiger partial charge is 0.492 e. The van der Waals surface area contributed by atoms with E-state index in [1.807, 2.05) is 24.3 Å². The molecule has 2 aromatic rings. The van der Waals surface area contributed by atoms with E-state index in [-0.39, 0.29) is 0 Å². The van der Waals surface area contributed by atoms with Crippen LogP contribution in [0.15, 0.2) is 42.6 Å². The van der Waals surface area contributed by atoms with Crippen LogP contribution in [0.5, 0.6) is 5.75 Å². The van der Waals surface area contributed by atoms with Crippen LogP contribution in [-0.4, -0.2) is 42.5 Å². The summed E-state index contributed by atoms with van der Waals surface area (Å²) in [6.45, 7) is 3.36. The third-order valence-electron chi connectivity index (χ3n) is 4.09. The van der Waals surface area contributed by atoms with Crippen molar-refractivity contribution in [2.45, 2.75) is 18.9 Å². The molecule has 0 amide bonds. The predicted molar refractivity (Wildman–Crippen MR) is 91.9 cm³/mol. The van der Waals surface area contributed by atoms with Crippen molar-refractivity contribution in [3.8, 4) is 11.8 Å². The topological polar surface area (TPSA) is 74.1 Å². The van der Waals surface area contributed by atoms with Crippen LogP contribution < -0.4 is 15.0 Å². The Morgan fingerprint density at radius 2 is 2.17 bits per heavy atom. The van der Waals surface area contributed by atoms with Crippen LogP contribution >= 0.6 is 0 Å². The first kappa shape index (κ1) is 16.2. The summed E-state index contributed by atoms with van der Waals surface area (Å²) in [4.78, 5) is 2.27. The highest BCUT2D eigenvalue weighted by molar-refractivity contribution is 5.37. The van der Waals surface area contributed by atoms with Crippen molar-refractivity contribution < 1.29 is 4.74 Å². The molecular formula is C18H21N5O. The fraction of sp³-hybridized carbons (Fsp3) is 0.389. The number of aromatic nitrogens is 2. The highest BCUT2D eigenvalue weighted by Crippen LogP contribution is 2.16. The van der Waals surface area contributed by atoms with Crippen LogP contribution in [0.2, 0.25) is 0 Å². The van der Waals surface area contributed by atoms with E-state index in [2.05, 4.69) is 26.5 Å². The number of benzene rings is 1. The molecule has 1 saturated heterocycles. The number of piperidine rings is 1. The molecule has 24 heavy (non-hydrogen) atoms. The number of rotatable bonds is 6. The Balaban J connectivity index is 1.41. The van der Waals surface area contributed by atoms with Crippen molar-refractivity contribution in [1.29, 1.82) is 5.26 Å². The molecule has 0 unspecified atom stereocenters. The van der Waals surface area contributed by atoms with Gasteiger partial charge in [0.05, 0.1) is 11.6 Å². The standard InChI is InChI=1S/C18H21N5O/c19-13-15-5-7-17(8-6-15)24-12-10-20-16-3-2-11-23(14-16)18-4-1-9-21-22-18/h1,4-9,16,20H,2-3,10-12,14H2/t16-/m1/s1. The summed E-state index contributed by atoms with van der Waals surface area (Å²) in [5.41, 5.74) is 0.645. The minimum absolute atomic E-state index is 0.435. The molecule has 0 radical (unpaired) electrons. The Bertz CT molecular complexity index is 668. The Labute approximate surface area is 142 Å². The van der Waals surface area contributed by atoms with E-state index >= 15 is 0 Å². The summed E-state index contributed by atoms with van der Waals surface area (Å²) in [6, 6.07) is 13.6. The second-order valence-corrected chi connectivity index (χ2v) is 5.81. The first-order chi connectivity index (χ1) is 11.8. The molecule has 0 aliphatic carbocycles. The van der Waals surface area contributed by atoms with Gasteiger partial charge in [-0.25, -0.2) is 0 Å². The van der Waals surface area contributed by atoms with Crippen molar-refractivity contribution in [2.24, 2.45) is 0 Å². The van der Waals surface area contributed by atoms with E-state index in [4.69, 9.17) is 10.00 Å². The van der Waals surface area contributed by atoms with E-state index in [0.29, 0.717) is 18.2 Å². The van der Waals surface area contributed by atoms with E-state index < -0.39 is 0 Å². The Kier molecular flexibility index (Phi) is 5.59. The molecule has 6 heteroatoms.